The number of aromatic nitrogens is 1. The summed E-state index contributed by atoms with van der Waals surface area (Å²) < 4.78 is 13.8. The normalized spacial score (nSPS) is 12.3. The van der Waals surface area contributed by atoms with Crippen molar-refractivity contribution >= 4 is 0 Å². The molecule has 2 N–H and O–H groups in total. The van der Waals surface area contributed by atoms with Crippen LogP contribution in [-0.2, 0) is 6.42 Å². The molecule has 1 aromatic carbocycles. The molecule has 3 nitrogen and oxygen atoms in total. The first-order chi connectivity index (χ1) is 9.20. The molecule has 2 rings (SSSR count). The number of likely N-dealkylation sites (N-methyl/N-ethyl adjacent to an activating group) is 1. The van der Waals surface area contributed by atoms with Crippen molar-refractivity contribution in [3.05, 3.63) is 59.7 Å². The lowest BCUT2D eigenvalue weighted by atomic mass is 10.0. The Morgan fingerprint density at radius 1 is 1.32 bits per heavy atom. The first-order valence-corrected chi connectivity index (χ1v) is 6.32. The summed E-state index contributed by atoms with van der Waals surface area (Å²) in [5, 5.41) is 12.7. The molecular weight excluding hydrogens is 243 g/mol. The second-order valence-electron chi connectivity index (χ2n) is 4.35. The lowest BCUT2D eigenvalue weighted by molar-refractivity contribution is 0.471. The molecule has 0 radical (unpaired) electrons. The molecule has 0 aliphatic rings. The van der Waals surface area contributed by atoms with E-state index in [1.54, 1.807) is 30.5 Å². The van der Waals surface area contributed by atoms with Gasteiger partial charge in [-0.2, -0.15) is 0 Å². The SMILES string of the molecule is CCNC(Cc1cccc(O)c1)c1ncccc1F. The minimum absolute atomic E-state index is 0.201. The van der Waals surface area contributed by atoms with Gasteiger partial charge in [0.05, 0.1) is 11.7 Å². The van der Waals surface area contributed by atoms with Gasteiger partial charge in [-0.05, 0) is 42.8 Å². The fourth-order valence-electron chi connectivity index (χ4n) is 2.09. The van der Waals surface area contributed by atoms with Crippen LogP contribution in [0.1, 0.15) is 24.2 Å². The van der Waals surface area contributed by atoms with E-state index in [1.807, 2.05) is 13.0 Å². The van der Waals surface area contributed by atoms with Crippen LogP contribution in [0.25, 0.3) is 0 Å². The zero-order chi connectivity index (χ0) is 13.7. The van der Waals surface area contributed by atoms with Gasteiger partial charge in [-0.3, -0.25) is 4.98 Å². The van der Waals surface area contributed by atoms with E-state index < -0.39 is 0 Å². The second-order valence-corrected chi connectivity index (χ2v) is 4.35. The summed E-state index contributed by atoms with van der Waals surface area (Å²) in [7, 11) is 0. The Balaban J connectivity index is 2.24. The number of benzene rings is 1. The highest BCUT2D eigenvalue weighted by atomic mass is 19.1. The number of phenols is 1. The maximum Gasteiger partial charge on any atom is 0.146 e. The number of nitrogens with zero attached hydrogens (tertiary/aromatic N) is 1. The van der Waals surface area contributed by atoms with E-state index in [9.17, 15) is 9.50 Å². The van der Waals surface area contributed by atoms with Crippen molar-refractivity contribution in [2.75, 3.05) is 6.54 Å². The lowest BCUT2D eigenvalue weighted by Gasteiger charge is -2.18. The van der Waals surface area contributed by atoms with Crippen LogP contribution >= 0.6 is 0 Å². The molecule has 0 saturated heterocycles. The Hall–Kier alpha value is -1.94. The molecule has 0 aliphatic heterocycles. The van der Waals surface area contributed by atoms with Crippen molar-refractivity contribution in [1.29, 1.82) is 0 Å². The van der Waals surface area contributed by atoms with Crippen molar-refractivity contribution in [1.82, 2.24) is 10.3 Å². The molecule has 0 saturated carbocycles. The summed E-state index contributed by atoms with van der Waals surface area (Å²) in [6.07, 6.45) is 2.17. The van der Waals surface area contributed by atoms with Gasteiger partial charge in [0.1, 0.15) is 11.6 Å². The van der Waals surface area contributed by atoms with Gasteiger partial charge in [0.15, 0.2) is 0 Å². The van der Waals surface area contributed by atoms with Crippen molar-refractivity contribution in [2.45, 2.75) is 19.4 Å². The quantitative estimate of drug-likeness (QED) is 0.869. The van der Waals surface area contributed by atoms with Gasteiger partial charge in [-0.25, -0.2) is 4.39 Å². The number of halogens is 1. The fourth-order valence-corrected chi connectivity index (χ4v) is 2.09. The molecule has 4 heteroatoms. The van der Waals surface area contributed by atoms with Crippen LogP contribution in [0.15, 0.2) is 42.6 Å². The highest BCUT2D eigenvalue weighted by Crippen LogP contribution is 2.21. The molecule has 1 unspecified atom stereocenters. The fraction of sp³-hybridized carbons (Fsp3) is 0.267. The highest BCUT2D eigenvalue weighted by Gasteiger charge is 2.16. The Labute approximate surface area is 112 Å². The molecule has 1 atom stereocenters. The van der Waals surface area contributed by atoms with E-state index in [0.717, 1.165) is 12.1 Å². The Kier molecular flexibility index (Phi) is 4.47. The summed E-state index contributed by atoms with van der Waals surface area (Å²) in [4.78, 5) is 4.12. The van der Waals surface area contributed by atoms with Gasteiger partial charge in [-0.15, -0.1) is 0 Å². The van der Waals surface area contributed by atoms with Crippen LogP contribution in [-0.4, -0.2) is 16.6 Å². The van der Waals surface area contributed by atoms with Crippen LogP contribution in [0.2, 0.25) is 0 Å². The maximum absolute atomic E-state index is 13.8. The Bertz CT molecular complexity index is 545. The van der Waals surface area contributed by atoms with E-state index in [2.05, 4.69) is 10.3 Å². The predicted octanol–water partition coefficient (Wildman–Crippen LogP) is 2.82. The monoisotopic (exact) mass is 260 g/mol. The van der Waals surface area contributed by atoms with Crippen molar-refractivity contribution < 1.29 is 9.50 Å². The first-order valence-electron chi connectivity index (χ1n) is 6.32. The molecule has 0 amide bonds. The average molecular weight is 260 g/mol. The third kappa shape index (κ3) is 3.51. The van der Waals surface area contributed by atoms with E-state index in [-0.39, 0.29) is 17.6 Å². The third-order valence-electron chi connectivity index (χ3n) is 2.92. The summed E-state index contributed by atoms with van der Waals surface area (Å²) in [5.41, 5.74) is 1.35. The lowest BCUT2D eigenvalue weighted by Crippen LogP contribution is -2.24. The number of nitrogens with one attached hydrogen (secondary N) is 1. The van der Waals surface area contributed by atoms with Crippen LogP contribution < -0.4 is 5.32 Å². The zero-order valence-corrected chi connectivity index (χ0v) is 10.8. The second kappa shape index (κ2) is 6.29. The number of hydrogen-bond donors (Lipinski definition) is 2. The average Bonchev–Trinajstić information content (AvgIpc) is 2.39. The van der Waals surface area contributed by atoms with E-state index in [1.165, 1.54) is 6.07 Å². The molecule has 1 aromatic heterocycles. The number of rotatable bonds is 5. The van der Waals surface area contributed by atoms with Crippen molar-refractivity contribution in [2.24, 2.45) is 0 Å². The van der Waals surface area contributed by atoms with E-state index >= 15 is 0 Å². The van der Waals surface area contributed by atoms with Gasteiger partial charge in [0.25, 0.3) is 0 Å². The van der Waals surface area contributed by atoms with Crippen LogP contribution in [0.4, 0.5) is 4.39 Å². The molecule has 0 bridgehead atoms. The molecule has 0 aliphatic carbocycles. The minimum Gasteiger partial charge on any atom is -0.508 e. The first kappa shape index (κ1) is 13.5. The summed E-state index contributed by atoms with van der Waals surface area (Å²) in [6, 6.07) is 9.78. The zero-order valence-electron chi connectivity index (χ0n) is 10.8. The van der Waals surface area contributed by atoms with Crippen molar-refractivity contribution in [3.63, 3.8) is 0 Å². The molecule has 19 heavy (non-hydrogen) atoms. The van der Waals surface area contributed by atoms with Gasteiger partial charge in [0.2, 0.25) is 0 Å². The molecule has 0 spiro atoms. The third-order valence-corrected chi connectivity index (χ3v) is 2.92. The van der Waals surface area contributed by atoms with Gasteiger partial charge < -0.3 is 10.4 Å². The Morgan fingerprint density at radius 2 is 2.16 bits per heavy atom. The number of phenolic OH excluding ortho intramolecular Hbond substituents is 1. The van der Waals surface area contributed by atoms with Crippen molar-refractivity contribution in [3.8, 4) is 5.75 Å². The van der Waals surface area contributed by atoms with Gasteiger partial charge >= 0.3 is 0 Å². The molecule has 1 heterocycles. The standard InChI is InChI=1S/C15H17FN2O/c1-2-17-14(15-13(16)7-4-8-18-15)10-11-5-3-6-12(19)9-11/h3-9,14,17,19H,2,10H2,1H3. The Morgan fingerprint density at radius 3 is 2.84 bits per heavy atom. The highest BCUT2D eigenvalue weighted by molar-refractivity contribution is 5.28. The van der Waals surface area contributed by atoms with E-state index in [0.29, 0.717) is 12.1 Å². The van der Waals surface area contributed by atoms with Gasteiger partial charge in [-0.1, -0.05) is 19.1 Å². The maximum atomic E-state index is 13.8. The topological polar surface area (TPSA) is 45.1 Å². The molecule has 0 fully saturated rings. The van der Waals surface area contributed by atoms with Gasteiger partial charge in [0, 0.05) is 6.20 Å². The van der Waals surface area contributed by atoms with Crippen LogP contribution in [0, 0.1) is 5.82 Å². The van der Waals surface area contributed by atoms with Crippen LogP contribution in [0.3, 0.4) is 0 Å². The summed E-state index contributed by atoms with van der Waals surface area (Å²) in [5.74, 6) is -0.0946. The molecular formula is C15H17FN2O. The predicted molar refractivity (Wildman–Crippen MR) is 72.4 cm³/mol. The van der Waals surface area contributed by atoms with E-state index in [4.69, 9.17) is 0 Å². The smallest absolute Gasteiger partial charge is 0.146 e. The summed E-state index contributed by atoms with van der Waals surface area (Å²) in [6.45, 7) is 2.69. The van der Waals surface area contributed by atoms with Crippen LogP contribution in [0.5, 0.6) is 5.75 Å². The number of aromatic hydroxyl groups is 1. The minimum atomic E-state index is -0.311. The molecule has 100 valence electrons. The number of pyridine rings is 1. The largest absolute Gasteiger partial charge is 0.508 e. The number of hydrogen-bond acceptors (Lipinski definition) is 3. The molecule has 2 aromatic rings. The summed E-state index contributed by atoms with van der Waals surface area (Å²) >= 11 is 0.